The van der Waals surface area contributed by atoms with E-state index in [9.17, 15) is 0 Å². The largest absolute Gasteiger partial charge is 0.394 e. The third kappa shape index (κ3) is 3.44. The molecule has 1 aromatic carbocycles. The summed E-state index contributed by atoms with van der Waals surface area (Å²) in [5.74, 6) is 0. The van der Waals surface area contributed by atoms with Crippen molar-refractivity contribution in [1.29, 1.82) is 0 Å². The van der Waals surface area contributed by atoms with Crippen molar-refractivity contribution in [2.24, 2.45) is 0 Å². The lowest BCUT2D eigenvalue weighted by Gasteiger charge is -2.18. The van der Waals surface area contributed by atoms with Crippen LogP contribution in [0.1, 0.15) is 31.9 Å². The Balaban J connectivity index is 3.00. The van der Waals surface area contributed by atoms with Gasteiger partial charge in [0, 0.05) is 13.2 Å². The van der Waals surface area contributed by atoms with Gasteiger partial charge in [-0.25, -0.2) is 0 Å². The Morgan fingerprint density at radius 3 is 2.19 bits per heavy atom. The Morgan fingerprint density at radius 2 is 1.69 bits per heavy atom. The van der Waals surface area contributed by atoms with Crippen LogP contribution in [-0.4, -0.2) is 22.5 Å². The summed E-state index contributed by atoms with van der Waals surface area (Å²) >= 11 is 0. The van der Waals surface area contributed by atoms with Crippen molar-refractivity contribution in [3.63, 3.8) is 0 Å². The van der Waals surface area contributed by atoms with Crippen LogP contribution in [-0.2, 0) is 15.3 Å². The molecule has 1 rings (SSSR count). The second-order valence-electron chi connectivity index (χ2n) is 3.80. The molecule has 0 aliphatic rings. The standard InChI is InChI=1S/C13H22O2Si/c1-5-12-9-8-11(4)10-13(12)16(14-6-2)15-7-3/h8-10,16H,5-7H2,1-4H3. The van der Waals surface area contributed by atoms with Gasteiger partial charge in [0.15, 0.2) is 0 Å². The summed E-state index contributed by atoms with van der Waals surface area (Å²) in [5, 5.41) is 1.31. The summed E-state index contributed by atoms with van der Waals surface area (Å²) in [6.07, 6.45) is 1.04. The minimum atomic E-state index is -1.68. The highest BCUT2D eigenvalue weighted by Gasteiger charge is 2.18. The number of benzene rings is 1. The van der Waals surface area contributed by atoms with Gasteiger partial charge in [0.25, 0.3) is 0 Å². The van der Waals surface area contributed by atoms with Gasteiger partial charge in [-0.05, 0) is 37.9 Å². The van der Waals surface area contributed by atoms with Crippen molar-refractivity contribution >= 4 is 14.5 Å². The van der Waals surface area contributed by atoms with E-state index >= 15 is 0 Å². The zero-order chi connectivity index (χ0) is 12.0. The van der Waals surface area contributed by atoms with E-state index in [4.69, 9.17) is 8.85 Å². The van der Waals surface area contributed by atoms with Crippen LogP contribution in [0.15, 0.2) is 18.2 Å². The van der Waals surface area contributed by atoms with Crippen LogP contribution in [0, 0.1) is 6.92 Å². The summed E-state index contributed by atoms with van der Waals surface area (Å²) < 4.78 is 11.6. The molecule has 0 fully saturated rings. The summed E-state index contributed by atoms with van der Waals surface area (Å²) in [6, 6.07) is 6.58. The Morgan fingerprint density at radius 1 is 1.06 bits per heavy atom. The SMILES string of the molecule is CCO[SiH](OCC)c1cc(C)ccc1CC. The van der Waals surface area contributed by atoms with Crippen molar-refractivity contribution in [2.45, 2.75) is 34.1 Å². The van der Waals surface area contributed by atoms with Crippen LogP contribution in [0.3, 0.4) is 0 Å². The van der Waals surface area contributed by atoms with Gasteiger partial charge in [-0.1, -0.05) is 30.7 Å². The van der Waals surface area contributed by atoms with Crippen molar-refractivity contribution in [3.8, 4) is 0 Å². The maximum absolute atomic E-state index is 5.78. The van der Waals surface area contributed by atoms with Gasteiger partial charge in [0.2, 0.25) is 0 Å². The number of aryl methyl sites for hydroxylation is 2. The van der Waals surface area contributed by atoms with E-state index in [1.807, 2.05) is 13.8 Å². The molecule has 90 valence electrons. The van der Waals surface area contributed by atoms with E-state index in [0.717, 1.165) is 19.6 Å². The van der Waals surface area contributed by atoms with E-state index in [0.29, 0.717) is 0 Å². The number of rotatable bonds is 6. The van der Waals surface area contributed by atoms with Crippen LogP contribution in [0.2, 0.25) is 0 Å². The van der Waals surface area contributed by atoms with Crippen LogP contribution < -0.4 is 5.19 Å². The van der Waals surface area contributed by atoms with E-state index in [2.05, 4.69) is 32.0 Å². The molecule has 0 N–H and O–H groups in total. The Bertz CT molecular complexity index is 320. The molecule has 0 aliphatic carbocycles. The van der Waals surface area contributed by atoms with Crippen LogP contribution in [0.4, 0.5) is 0 Å². The maximum atomic E-state index is 5.78. The van der Waals surface area contributed by atoms with Gasteiger partial charge in [0.1, 0.15) is 0 Å². The Labute approximate surface area is 100 Å². The second-order valence-corrected chi connectivity index (χ2v) is 5.75. The minimum absolute atomic E-state index is 0.730. The van der Waals surface area contributed by atoms with Crippen LogP contribution >= 0.6 is 0 Å². The van der Waals surface area contributed by atoms with Gasteiger partial charge in [-0.15, -0.1) is 0 Å². The zero-order valence-corrected chi connectivity index (χ0v) is 11.9. The monoisotopic (exact) mass is 238 g/mol. The molecule has 0 spiro atoms. The van der Waals surface area contributed by atoms with Crippen molar-refractivity contribution in [1.82, 2.24) is 0 Å². The van der Waals surface area contributed by atoms with Gasteiger partial charge in [0.05, 0.1) is 0 Å². The van der Waals surface area contributed by atoms with E-state index < -0.39 is 9.28 Å². The molecule has 0 unspecified atom stereocenters. The number of hydrogen-bond acceptors (Lipinski definition) is 2. The van der Waals surface area contributed by atoms with Gasteiger partial charge < -0.3 is 8.85 Å². The zero-order valence-electron chi connectivity index (χ0n) is 10.7. The van der Waals surface area contributed by atoms with Gasteiger partial charge >= 0.3 is 9.28 Å². The van der Waals surface area contributed by atoms with Gasteiger partial charge in [-0.3, -0.25) is 0 Å². The predicted octanol–water partition coefficient (Wildman–Crippen LogP) is 2.06. The van der Waals surface area contributed by atoms with Crippen molar-refractivity contribution < 1.29 is 8.85 Å². The molecular weight excluding hydrogens is 216 g/mol. The highest BCUT2D eigenvalue weighted by atomic mass is 28.3. The molecule has 0 aliphatic heterocycles. The first kappa shape index (κ1) is 13.4. The van der Waals surface area contributed by atoms with Crippen LogP contribution in [0.5, 0.6) is 0 Å². The first-order valence-electron chi connectivity index (χ1n) is 6.05. The van der Waals surface area contributed by atoms with Crippen LogP contribution in [0.25, 0.3) is 0 Å². The fourth-order valence-electron chi connectivity index (χ4n) is 1.79. The Hall–Kier alpha value is -0.643. The molecule has 0 radical (unpaired) electrons. The van der Waals surface area contributed by atoms with E-state index in [1.54, 1.807) is 0 Å². The first-order valence-corrected chi connectivity index (χ1v) is 7.57. The molecular formula is C13H22O2Si. The van der Waals surface area contributed by atoms with E-state index in [-0.39, 0.29) is 0 Å². The lowest BCUT2D eigenvalue weighted by molar-refractivity contribution is 0.225. The average Bonchev–Trinajstić information content (AvgIpc) is 2.29. The van der Waals surface area contributed by atoms with Crippen molar-refractivity contribution in [3.05, 3.63) is 29.3 Å². The summed E-state index contributed by atoms with van der Waals surface area (Å²) in [6.45, 7) is 9.81. The smallest absolute Gasteiger partial charge is 0.356 e. The second kappa shape index (κ2) is 6.84. The molecule has 0 bridgehead atoms. The lowest BCUT2D eigenvalue weighted by Crippen LogP contribution is -2.39. The molecule has 0 atom stereocenters. The molecule has 16 heavy (non-hydrogen) atoms. The predicted molar refractivity (Wildman–Crippen MR) is 70.6 cm³/mol. The highest BCUT2D eigenvalue weighted by Crippen LogP contribution is 2.05. The normalized spacial score (nSPS) is 11.1. The van der Waals surface area contributed by atoms with Gasteiger partial charge in [-0.2, -0.15) is 0 Å². The fraction of sp³-hybridized carbons (Fsp3) is 0.538. The fourth-order valence-corrected chi connectivity index (χ4v) is 3.85. The molecule has 1 aromatic rings. The third-order valence-electron chi connectivity index (χ3n) is 2.57. The summed E-state index contributed by atoms with van der Waals surface area (Å²) in [4.78, 5) is 0. The molecule has 2 nitrogen and oxygen atoms in total. The summed E-state index contributed by atoms with van der Waals surface area (Å²) in [7, 11) is -1.68. The Kier molecular flexibility index (Phi) is 5.73. The topological polar surface area (TPSA) is 18.5 Å². The number of hydrogen-bond donors (Lipinski definition) is 0. The molecule has 0 aromatic heterocycles. The molecule has 0 saturated heterocycles. The summed E-state index contributed by atoms with van der Waals surface area (Å²) in [5.41, 5.74) is 2.65. The molecule has 0 saturated carbocycles. The third-order valence-corrected chi connectivity index (χ3v) is 4.89. The molecule has 0 amide bonds. The first-order chi connectivity index (χ1) is 7.72. The minimum Gasteiger partial charge on any atom is -0.394 e. The maximum Gasteiger partial charge on any atom is 0.356 e. The average molecular weight is 238 g/mol. The lowest BCUT2D eigenvalue weighted by atomic mass is 10.1. The molecule has 3 heteroatoms. The van der Waals surface area contributed by atoms with Crippen molar-refractivity contribution in [2.75, 3.05) is 13.2 Å². The quantitative estimate of drug-likeness (QED) is 0.706. The highest BCUT2D eigenvalue weighted by molar-refractivity contribution is 6.61. The van der Waals surface area contributed by atoms with E-state index in [1.165, 1.54) is 16.3 Å². The molecule has 0 heterocycles.